The summed E-state index contributed by atoms with van der Waals surface area (Å²) in [4.78, 5) is 36.1. The van der Waals surface area contributed by atoms with Crippen LogP contribution in [-0.4, -0.2) is 40.3 Å². The van der Waals surface area contributed by atoms with E-state index in [-0.39, 0.29) is 18.4 Å². The molecule has 7 heteroatoms. The zero-order valence-electron chi connectivity index (χ0n) is 11.7. The SMILES string of the molecule is O=C(CCC(=O)N1CCC[C@@H]1C(=O)O)c1ccc(F)c(F)c1. The van der Waals surface area contributed by atoms with E-state index in [0.717, 1.165) is 18.2 Å². The lowest BCUT2D eigenvalue weighted by molar-refractivity contribution is -0.148. The number of nitrogens with zero attached hydrogens (tertiary/aromatic N) is 1. The molecule has 0 bridgehead atoms. The molecule has 0 saturated carbocycles. The normalized spacial score (nSPS) is 17.5. The summed E-state index contributed by atoms with van der Waals surface area (Å²) in [6.45, 7) is 0.356. The molecule has 118 valence electrons. The Bertz CT molecular complexity index is 618. The van der Waals surface area contributed by atoms with Crippen molar-refractivity contribution >= 4 is 17.7 Å². The molecule has 5 nitrogen and oxygen atoms in total. The Morgan fingerprint density at radius 2 is 1.91 bits per heavy atom. The summed E-state index contributed by atoms with van der Waals surface area (Å²) in [7, 11) is 0. The van der Waals surface area contributed by atoms with E-state index in [1.54, 1.807) is 0 Å². The number of hydrogen-bond donors (Lipinski definition) is 1. The molecule has 0 aromatic heterocycles. The summed E-state index contributed by atoms with van der Waals surface area (Å²) < 4.78 is 25.9. The predicted octanol–water partition coefficient (Wildman–Crippen LogP) is 2.00. The van der Waals surface area contributed by atoms with Crippen molar-refractivity contribution in [2.24, 2.45) is 0 Å². The third-order valence-corrected chi connectivity index (χ3v) is 3.67. The topological polar surface area (TPSA) is 74.7 Å². The van der Waals surface area contributed by atoms with E-state index in [1.165, 1.54) is 4.90 Å². The number of ketones is 1. The lowest BCUT2D eigenvalue weighted by Gasteiger charge is -2.21. The number of halogens is 2. The summed E-state index contributed by atoms with van der Waals surface area (Å²) in [5.74, 6) is -4.13. The molecule has 0 aliphatic carbocycles. The third kappa shape index (κ3) is 3.47. The van der Waals surface area contributed by atoms with E-state index in [0.29, 0.717) is 19.4 Å². The Balaban J connectivity index is 1.94. The summed E-state index contributed by atoms with van der Waals surface area (Å²) in [5, 5.41) is 9.01. The Morgan fingerprint density at radius 3 is 2.55 bits per heavy atom. The average Bonchev–Trinajstić information content (AvgIpc) is 2.97. The van der Waals surface area contributed by atoms with Crippen molar-refractivity contribution in [2.75, 3.05) is 6.54 Å². The zero-order valence-corrected chi connectivity index (χ0v) is 11.7. The van der Waals surface area contributed by atoms with Crippen molar-refractivity contribution in [1.82, 2.24) is 4.90 Å². The number of hydrogen-bond acceptors (Lipinski definition) is 3. The largest absolute Gasteiger partial charge is 0.480 e. The number of benzene rings is 1. The maximum absolute atomic E-state index is 13.1. The van der Waals surface area contributed by atoms with Gasteiger partial charge in [-0.25, -0.2) is 13.6 Å². The fourth-order valence-corrected chi connectivity index (χ4v) is 2.50. The molecule has 0 unspecified atom stereocenters. The number of rotatable bonds is 5. The van der Waals surface area contributed by atoms with Gasteiger partial charge in [0.25, 0.3) is 0 Å². The van der Waals surface area contributed by atoms with Crippen molar-refractivity contribution in [2.45, 2.75) is 31.7 Å². The van der Waals surface area contributed by atoms with Gasteiger partial charge in [0, 0.05) is 24.9 Å². The minimum absolute atomic E-state index is 0.0112. The summed E-state index contributed by atoms with van der Waals surface area (Å²) in [6, 6.07) is 1.95. The van der Waals surface area contributed by atoms with Crippen molar-refractivity contribution in [3.8, 4) is 0 Å². The van der Waals surface area contributed by atoms with Crippen molar-refractivity contribution < 1.29 is 28.3 Å². The van der Waals surface area contributed by atoms with Crippen LogP contribution in [0.15, 0.2) is 18.2 Å². The number of Topliss-reactive ketones (excluding diaryl/α,β-unsaturated/α-hetero) is 1. The van der Waals surface area contributed by atoms with Crippen LogP contribution in [0, 0.1) is 11.6 Å². The first-order valence-electron chi connectivity index (χ1n) is 6.90. The van der Waals surface area contributed by atoms with Crippen LogP contribution in [0.3, 0.4) is 0 Å². The van der Waals surface area contributed by atoms with Crippen LogP contribution >= 0.6 is 0 Å². The zero-order chi connectivity index (χ0) is 16.3. The monoisotopic (exact) mass is 311 g/mol. The first-order valence-corrected chi connectivity index (χ1v) is 6.90. The molecule has 1 aromatic rings. The molecule has 1 atom stereocenters. The van der Waals surface area contributed by atoms with Crippen LogP contribution in [0.5, 0.6) is 0 Å². The van der Waals surface area contributed by atoms with Crippen LogP contribution in [0.25, 0.3) is 0 Å². The number of carbonyl (C=O) groups excluding carboxylic acids is 2. The van der Waals surface area contributed by atoms with Crippen LogP contribution in [-0.2, 0) is 9.59 Å². The summed E-state index contributed by atoms with van der Waals surface area (Å²) >= 11 is 0. The van der Waals surface area contributed by atoms with Gasteiger partial charge in [-0.15, -0.1) is 0 Å². The highest BCUT2D eigenvalue weighted by molar-refractivity contribution is 5.98. The number of carboxylic acid groups (broad SMARTS) is 1. The Hall–Kier alpha value is -2.31. The maximum atomic E-state index is 13.1. The van der Waals surface area contributed by atoms with E-state index in [4.69, 9.17) is 5.11 Å². The van der Waals surface area contributed by atoms with E-state index < -0.39 is 35.3 Å². The molecule has 1 aliphatic heterocycles. The molecule has 1 saturated heterocycles. The molecule has 0 spiro atoms. The molecular weight excluding hydrogens is 296 g/mol. The molecule has 1 N–H and O–H groups in total. The Morgan fingerprint density at radius 1 is 1.18 bits per heavy atom. The summed E-state index contributed by atoms with van der Waals surface area (Å²) in [5.41, 5.74) is -0.0112. The second kappa shape index (κ2) is 6.64. The first kappa shape index (κ1) is 16.1. The fraction of sp³-hybridized carbons (Fsp3) is 0.400. The van der Waals surface area contributed by atoms with E-state index >= 15 is 0 Å². The number of carbonyl (C=O) groups is 3. The maximum Gasteiger partial charge on any atom is 0.326 e. The third-order valence-electron chi connectivity index (χ3n) is 3.67. The Kier molecular flexibility index (Phi) is 4.85. The predicted molar refractivity (Wildman–Crippen MR) is 72.3 cm³/mol. The second-order valence-corrected chi connectivity index (χ2v) is 5.14. The number of aliphatic carboxylic acids is 1. The lowest BCUT2D eigenvalue weighted by Crippen LogP contribution is -2.40. The van der Waals surface area contributed by atoms with E-state index in [2.05, 4.69) is 0 Å². The quantitative estimate of drug-likeness (QED) is 0.844. The molecular formula is C15H15F2NO4. The standard InChI is InChI=1S/C15H15F2NO4/c16-10-4-3-9(8-11(10)17)13(19)5-6-14(20)18-7-1-2-12(18)15(21)22/h3-4,8,12H,1-2,5-7H2,(H,21,22)/t12-/m1/s1. The molecule has 1 amide bonds. The molecule has 0 radical (unpaired) electrons. The molecule has 1 fully saturated rings. The van der Waals surface area contributed by atoms with Gasteiger partial charge < -0.3 is 10.0 Å². The van der Waals surface area contributed by atoms with Gasteiger partial charge in [-0.1, -0.05) is 0 Å². The van der Waals surface area contributed by atoms with Crippen LogP contribution in [0.4, 0.5) is 8.78 Å². The number of likely N-dealkylation sites (tertiary alicyclic amines) is 1. The highest BCUT2D eigenvalue weighted by Crippen LogP contribution is 2.19. The van der Waals surface area contributed by atoms with Gasteiger partial charge in [0.2, 0.25) is 5.91 Å². The lowest BCUT2D eigenvalue weighted by atomic mass is 10.1. The van der Waals surface area contributed by atoms with Crippen molar-refractivity contribution in [3.05, 3.63) is 35.4 Å². The van der Waals surface area contributed by atoms with Crippen molar-refractivity contribution in [1.29, 1.82) is 0 Å². The molecule has 22 heavy (non-hydrogen) atoms. The molecule has 1 heterocycles. The summed E-state index contributed by atoms with van der Waals surface area (Å²) in [6.07, 6.45) is 0.687. The van der Waals surface area contributed by atoms with Gasteiger partial charge in [-0.3, -0.25) is 9.59 Å². The molecule has 2 rings (SSSR count). The average molecular weight is 311 g/mol. The first-order chi connectivity index (χ1) is 10.4. The van der Waals surface area contributed by atoms with Gasteiger partial charge in [0.1, 0.15) is 6.04 Å². The van der Waals surface area contributed by atoms with Gasteiger partial charge in [0.15, 0.2) is 17.4 Å². The van der Waals surface area contributed by atoms with Gasteiger partial charge in [0.05, 0.1) is 0 Å². The second-order valence-electron chi connectivity index (χ2n) is 5.14. The minimum atomic E-state index is -1.12. The molecule has 1 aromatic carbocycles. The minimum Gasteiger partial charge on any atom is -0.480 e. The van der Waals surface area contributed by atoms with Gasteiger partial charge >= 0.3 is 5.97 Å². The fourth-order valence-electron chi connectivity index (χ4n) is 2.50. The number of carboxylic acids is 1. The van der Waals surface area contributed by atoms with Crippen LogP contribution in [0.1, 0.15) is 36.0 Å². The van der Waals surface area contributed by atoms with Crippen molar-refractivity contribution in [3.63, 3.8) is 0 Å². The number of amides is 1. The molecule has 1 aliphatic rings. The van der Waals surface area contributed by atoms with Gasteiger partial charge in [-0.2, -0.15) is 0 Å². The smallest absolute Gasteiger partial charge is 0.326 e. The van der Waals surface area contributed by atoms with E-state index in [9.17, 15) is 23.2 Å². The van der Waals surface area contributed by atoms with Crippen LogP contribution < -0.4 is 0 Å². The van der Waals surface area contributed by atoms with Gasteiger partial charge in [-0.05, 0) is 31.0 Å². The highest BCUT2D eigenvalue weighted by Gasteiger charge is 2.33. The van der Waals surface area contributed by atoms with E-state index in [1.807, 2.05) is 0 Å². The van der Waals surface area contributed by atoms with Crippen LogP contribution in [0.2, 0.25) is 0 Å². The highest BCUT2D eigenvalue weighted by atomic mass is 19.2. The Labute approximate surface area is 125 Å².